The lowest BCUT2D eigenvalue weighted by Gasteiger charge is -2.31. The SMILES string of the molecule is CC(C)(O)CN(c1ccc(C(F)(F)F)cc1OCc1ccc(C(=O)O)cc1)S(=O)(=O)c1ccccc1. The van der Waals surface area contributed by atoms with Crippen molar-refractivity contribution in [2.75, 3.05) is 10.8 Å². The molecule has 0 aliphatic heterocycles. The molecule has 192 valence electrons. The standard InChI is InChI=1S/C25H24F3NO6S/c1-24(2,32)16-29(36(33,34)20-6-4-3-5-7-20)21-13-12-19(25(26,27)28)14-22(21)35-15-17-8-10-18(11-9-17)23(30)31/h3-14,32H,15-16H2,1-2H3,(H,30,31). The number of alkyl halides is 3. The van der Waals surface area contributed by atoms with Gasteiger partial charge in [-0.25, -0.2) is 13.2 Å². The zero-order chi connectivity index (χ0) is 26.7. The van der Waals surface area contributed by atoms with E-state index in [9.17, 15) is 31.5 Å². The first-order valence-electron chi connectivity index (χ1n) is 10.6. The maximum absolute atomic E-state index is 13.5. The zero-order valence-corrected chi connectivity index (χ0v) is 20.2. The average Bonchev–Trinajstić information content (AvgIpc) is 2.80. The molecule has 7 nitrogen and oxygen atoms in total. The van der Waals surface area contributed by atoms with Crippen molar-refractivity contribution in [3.05, 3.63) is 89.5 Å². The summed E-state index contributed by atoms with van der Waals surface area (Å²) in [5.41, 5.74) is -2.33. The van der Waals surface area contributed by atoms with Crippen molar-refractivity contribution >= 4 is 21.7 Å². The van der Waals surface area contributed by atoms with Gasteiger partial charge in [-0.3, -0.25) is 4.31 Å². The highest BCUT2D eigenvalue weighted by molar-refractivity contribution is 7.92. The average molecular weight is 524 g/mol. The van der Waals surface area contributed by atoms with E-state index in [1.165, 1.54) is 62.4 Å². The summed E-state index contributed by atoms with van der Waals surface area (Å²) in [5, 5.41) is 19.5. The smallest absolute Gasteiger partial charge is 0.416 e. The Labute approximate surface area is 206 Å². The van der Waals surface area contributed by atoms with Crippen LogP contribution in [0.3, 0.4) is 0 Å². The molecule has 0 unspecified atom stereocenters. The Hall–Kier alpha value is -3.57. The van der Waals surface area contributed by atoms with Crippen LogP contribution in [0, 0.1) is 0 Å². The third-order valence-electron chi connectivity index (χ3n) is 5.01. The Morgan fingerprint density at radius 3 is 2.11 bits per heavy atom. The normalized spacial score (nSPS) is 12.3. The topological polar surface area (TPSA) is 104 Å². The first kappa shape index (κ1) is 27.0. The number of aromatic carboxylic acids is 1. The number of halogens is 3. The van der Waals surface area contributed by atoms with Gasteiger partial charge in [-0.2, -0.15) is 13.2 Å². The highest BCUT2D eigenvalue weighted by Gasteiger charge is 2.35. The molecule has 3 aromatic rings. The Balaban J connectivity index is 2.09. The molecule has 3 aromatic carbocycles. The van der Waals surface area contributed by atoms with Gasteiger partial charge in [-0.15, -0.1) is 0 Å². The van der Waals surface area contributed by atoms with Crippen LogP contribution < -0.4 is 9.04 Å². The van der Waals surface area contributed by atoms with Gasteiger partial charge in [-0.05, 0) is 61.9 Å². The number of nitrogens with zero attached hydrogens (tertiary/aromatic N) is 1. The van der Waals surface area contributed by atoms with E-state index in [1.807, 2.05) is 0 Å². The zero-order valence-electron chi connectivity index (χ0n) is 19.4. The summed E-state index contributed by atoms with van der Waals surface area (Å²) in [6.07, 6.45) is -4.72. The van der Waals surface area contributed by atoms with Gasteiger partial charge in [0, 0.05) is 0 Å². The van der Waals surface area contributed by atoms with Gasteiger partial charge < -0.3 is 14.9 Å². The van der Waals surface area contributed by atoms with Crippen LogP contribution in [0.5, 0.6) is 5.75 Å². The van der Waals surface area contributed by atoms with Crippen LogP contribution in [-0.2, 0) is 22.8 Å². The molecule has 0 bridgehead atoms. The van der Waals surface area contributed by atoms with Crippen molar-refractivity contribution in [1.82, 2.24) is 0 Å². The van der Waals surface area contributed by atoms with Crippen molar-refractivity contribution in [1.29, 1.82) is 0 Å². The van der Waals surface area contributed by atoms with E-state index in [2.05, 4.69) is 0 Å². The Bertz CT molecular complexity index is 1320. The minimum atomic E-state index is -4.72. The second-order valence-corrected chi connectivity index (χ2v) is 10.5. The molecule has 0 saturated heterocycles. The van der Waals surface area contributed by atoms with Crippen LogP contribution in [0.1, 0.15) is 35.3 Å². The third kappa shape index (κ3) is 6.55. The summed E-state index contributed by atoms with van der Waals surface area (Å²) in [7, 11) is -4.31. The highest BCUT2D eigenvalue weighted by atomic mass is 32.2. The molecule has 0 aliphatic carbocycles. The quantitative estimate of drug-likeness (QED) is 0.411. The van der Waals surface area contributed by atoms with Gasteiger partial charge in [0.2, 0.25) is 0 Å². The number of benzene rings is 3. The van der Waals surface area contributed by atoms with E-state index >= 15 is 0 Å². The van der Waals surface area contributed by atoms with Crippen molar-refractivity contribution in [3.63, 3.8) is 0 Å². The number of hydrogen-bond acceptors (Lipinski definition) is 5. The number of rotatable bonds is 9. The molecule has 0 radical (unpaired) electrons. The summed E-state index contributed by atoms with van der Waals surface area (Å²) in [4.78, 5) is 10.9. The minimum Gasteiger partial charge on any atom is -0.487 e. The van der Waals surface area contributed by atoms with Crippen molar-refractivity contribution in [3.8, 4) is 5.75 Å². The van der Waals surface area contributed by atoms with Crippen LogP contribution in [0.2, 0.25) is 0 Å². The fourth-order valence-corrected chi connectivity index (χ4v) is 4.94. The van der Waals surface area contributed by atoms with E-state index in [1.54, 1.807) is 6.07 Å². The number of aliphatic hydroxyl groups is 1. The minimum absolute atomic E-state index is 0.0174. The molecular weight excluding hydrogens is 499 g/mol. The van der Waals surface area contributed by atoms with E-state index < -0.39 is 39.9 Å². The molecule has 36 heavy (non-hydrogen) atoms. The Morgan fingerprint density at radius 1 is 0.972 bits per heavy atom. The molecule has 0 aliphatic rings. The van der Waals surface area contributed by atoms with E-state index in [0.717, 1.165) is 16.4 Å². The van der Waals surface area contributed by atoms with Crippen molar-refractivity contribution < 1.29 is 41.3 Å². The van der Waals surface area contributed by atoms with Crippen LogP contribution >= 0.6 is 0 Å². The number of ether oxygens (including phenoxy) is 1. The predicted molar refractivity (Wildman–Crippen MR) is 126 cm³/mol. The van der Waals surface area contributed by atoms with Crippen LogP contribution in [0.25, 0.3) is 0 Å². The van der Waals surface area contributed by atoms with Gasteiger partial charge in [0.05, 0.1) is 33.9 Å². The maximum Gasteiger partial charge on any atom is 0.416 e. The van der Waals surface area contributed by atoms with Crippen LogP contribution in [-0.4, -0.2) is 36.7 Å². The molecule has 0 spiro atoms. The molecule has 0 heterocycles. The number of sulfonamides is 1. The Kier molecular flexibility index (Phi) is 7.65. The van der Waals surface area contributed by atoms with Crippen LogP contribution in [0.15, 0.2) is 77.7 Å². The first-order chi connectivity index (χ1) is 16.7. The molecular formula is C25H24F3NO6S. The fraction of sp³-hybridized carbons (Fsp3) is 0.240. The summed E-state index contributed by atoms with van der Waals surface area (Å²) in [5.74, 6) is -1.52. The molecule has 0 fully saturated rings. The maximum atomic E-state index is 13.5. The van der Waals surface area contributed by atoms with E-state index in [-0.39, 0.29) is 28.5 Å². The van der Waals surface area contributed by atoms with Crippen LogP contribution in [0.4, 0.5) is 18.9 Å². The number of carboxylic acid groups (broad SMARTS) is 1. The first-order valence-corrected chi connectivity index (χ1v) is 12.1. The van der Waals surface area contributed by atoms with Gasteiger partial charge in [-0.1, -0.05) is 30.3 Å². The molecule has 0 amide bonds. The molecule has 0 aromatic heterocycles. The molecule has 3 rings (SSSR count). The highest BCUT2D eigenvalue weighted by Crippen LogP contribution is 2.39. The van der Waals surface area contributed by atoms with Crippen molar-refractivity contribution in [2.45, 2.75) is 37.1 Å². The van der Waals surface area contributed by atoms with Crippen molar-refractivity contribution in [2.24, 2.45) is 0 Å². The van der Waals surface area contributed by atoms with Gasteiger partial charge in [0.1, 0.15) is 12.4 Å². The summed E-state index contributed by atoms with van der Waals surface area (Å²) < 4.78 is 73.9. The van der Waals surface area contributed by atoms with E-state index in [0.29, 0.717) is 11.6 Å². The largest absolute Gasteiger partial charge is 0.487 e. The fourth-order valence-electron chi connectivity index (χ4n) is 3.29. The van der Waals surface area contributed by atoms with Gasteiger partial charge in [0.15, 0.2) is 0 Å². The predicted octanol–water partition coefficient (Wildman–Crippen LogP) is 4.95. The summed E-state index contributed by atoms with van der Waals surface area (Å²) >= 11 is 0. The molecule has 0 atom stereocenters. The lowest BCUT2D eigenvalue weighted by Crippen LogP contribution is -2.42. The Morgan fingerprint density at radius 2 is 1.58 bits per heavy atom. The lowest BCUT2D eigenvalue weighted by atomic mass is 10.1. The lowest BCUT2D eigenvalue weighted by molar-refractivity contribution is -0.137. The monoisotopic (exact) mass is 523 g/mol. The van der Waals surface area contributed by atoms with Gasteiger partial charge >= 0.3 is 12.1 Å². The van der Waals surface area contributed by atoms with E-state index in [4.69, 9.17) is 9.84 Å². The molecule has 0 saturated carbocycles. The summed E-state index contributed by atoms with van der Waals surface area (Å²) in [6, 6.07) is 15.2. The number of carboxylic acids is 1. The third-order valence-corrected chi connectivity index (χ3v) is 6.79. The molecule has 2 N–H and O–H groups in total. The molecule has 11 heteroatoms. The number of hydrogen-bond donors (Lipinski definition) is 2. The summed E-state index contributed by atoms with van der Waals surface area (Å²) in [6.45, 7) is 2.00. The second kappa shape index (κ2) is 10.2. The number of carbonyl (C=O) groups is 1. The second-order valence-electron chi connectivity index (χ2n) is 8.61. The van der Waals surface area contributed by atoms with Gasteiger partial charge in [0.25, 0.3) is 10.0 Å². The number of anilines is 1.